The van der Waals surface area contributed by atoms with Gasteiger partial charge < -0.3 is 19.9 Å². The first kappa shape index (κ1) is 24.5. The lowest BCUT2D eigenvalue weighted by atomic mass is 10.2. The monoisotopic (exact) mass is 491 g/mol. The highest BCUT2D eigenvalue weighted by Crippen LogP contribution is 2.34. The number of amides is 1. The largest absolute Gasteiger partial charge is 0.444 e. The van der Waals surface area contributed by atoms with Crippen molar-refractivity contribution in [3.05, 3.63) is 54.0 Å². The number of anilines is 3. The molecule has 1 aliphatic heterocycles. The van der Waals surface area contributed by atoms with Crippen molar-refractivity contribution in [1.82, 2.24) is 14.9 Å². The number of benzene rings is 2. The Kier molecular flexibility index (Phi) is 6.44. The number of ether oxygens (including phenoxy) is 1. The maximum absolute atomic E-state index is 14.9. The van der Waals surface area contributed by atoms with Gasteiger partial charge in [0.25, 0.3) is 0 Å². The van der Waals surface area contributed by atoms with Crippen molar-refractivity contribution >= 4 is 34.3 Å². The molecule has 0 saturated carbocycles. The van der Waals surface area contributed by atoms with Gasteiger partial charge in [-0.05, 0) is 45.0 Å². The molecule has 1 aliphatic rings. The number of piperazine rings is 1. The van der Waals surface area contributed by atoms with E-state index < -0.39 is 29.4 Å². The van der Waals surface area contributed by atoms with Crippen LogP contribution in [0.5, 0.6) is 0 Å². The summed E-state index contributed by atoms with van der Waals surface area (Å²) in [6.07, 6.45) is -5.08. The fraction of sp³-hybridized carbons (Fsp3) is 0.375. The van der Waals surface area contributed by atoms with E-state index in [4.69, 9.17) is 4.74 Å². The van der Waals surface area contributed by atoms with Crippen molar-refractivity contribution in [2.75, 3.05) is 36.4 Å². The first-order valence-electron chi connectivity index (χ1n) is 11.0. The summed E-state index contributed by atoms with van der Waals surface area (Å²) in [5, 5.41) is 2.56. The van der Waals surface area contributed by atoms with Crippen LogP contribution in [0.1, 0.15) is 26.5 Å². The molecule has 35 heavy (non-hydrogen) atoms. The highest BCUT2D eigenvalue weighted by Gasteiger charge is 2.35. The number of para-hydroxylation sites is 1. The van der Waals surface area contributed by atoms with E-state index in [-0.39, 0.29) is 22.5 Å². The van der Waals surface area contributed by atoms with Crippen LogP contribution in [0.4, 0.5) is 39.7 Å². The Morgan fingerprint density at radius 1 is 1.00 bits per heavy atom. The zero-order valence-electron chi connectivity index (χ0n) is 19.5. The van der Waals surface area contributed by atoms with Gasteiger partial charge in [-0.25, -0.2) is 19.2 Å². The number of rotatable bonds is 3. The lowest BCUT2D eigenvalue weighted by Crippen LogP contribution is -2.50. The summed E-state index contributed by atoms with van der Waals surface area (Å²) in [7, 11) is 0. The van der Waals surface area contributed by atoms with Crippen molar-refractivity contribution in [1.29, 1.82) is 0 Å². The predicted molar refractivity (Wildman–Crippen MR) is 124 cm³/mol. The summed E-state index contributed by atoms with van der Waals surface area (Å²) in [6.45, 7) is 6.94. The Balaban J connectivity index is 1.48. The van der Waals surface area contributed by atoms with Crippen LogP contribution >= 0.6 is 0 Å². The third kappa shape index (κ3) is 5.72. The van der Waals surface area contributed by atoms with Crippen molar-refractivity contribution in [2.45, 2.75) is 32.5 Å². The molecule has 4 rings (SSSR count). The molecule has 0 aliphatic carbocycles. The molecule has 11 heteroatoms. The molecule has 7 nitrogen and oxygen atoms in total. The number of alkyl halides is 3. The van der Waals surface area contributed by atoms with Crippen LogP contribution in [-0.4, -0.2) is 52.7 Å². The van der Waals surface area contributed by atoms with E-state index in [1.807, 2.05) is 0 Å². The average molecular weight is 491 g/mol. The zero-order chi connectivity index (χ0) is 25.4. The van der Waals surface area contributed by atoms with Crippen LogP contribution in [0, 0.1) is 5.82 Å². The summed E-state index contributed by atoms with van der Waals surface area (Å²) in [6, 6.07) is 10.1. The quantitative estimate of drug-likeness (QED) is 0.482. The Morgan fingerprint density at radius 2 is 1.69 bits per heavy atom. The van der Waals surface area contributed by atoms with Crippen LogP contribution in [0.25, 0.3) is 10.9 Å². The maximum atomic E-state index is 14.9. The van der Waals surface area contributed by atoms with Crippen molar-refractivity contribution < 1.29 is 27.1 Å². The summed E-state index contributed by atoms with van der Waals surface area (Å²) < 4.78 is 60.8. The lowest BCUT2D eigenvalue weighted by Gasteiger charge is -2.36. The Hall–Kier alpha value is -3.63. The standard InChI is InChI=1S/C24H25F4N5O2/c1-23(2,3)35-22(34)33-12-10-32(11-13-33)19-9-8-15(14-17(19)25)29-21-30-18-7-5-4-6-16(18)20(31-21)24(26,27)28/h4-9,14H,10-13H2,1-3H3,(H,29,30,31). The molecule has 1 amide bonds. The van der Waals surface area contributed by atoms with E-state index in [0.717, 1.165) is 0 Å². The third-order valence-corrected chi connectivity index (χ3v) is 5.35. The van der Waals surface area contributed by atoms with Gasteiger partial charge in [0.05, 0.1) is 11.2 Å². The zero-order valence-corrected chi connectivity index (χ0v) is 19.5. The molecular formula is C24H25F4N5O2. The van der Waals surface area contributed by atoms with Gasteiger partial charge in [-0.3, -0.25) is 0 Å². The molecule has 0 atom stereocenters. The van der Waals surface area contributed by atoms with Gasteiger partial charge in [0, 0.05) is 37.3 Å². The molecule has 0 radical (unpaired) electrons. The molecule has 2 aromatic carbocycles. The van der Waals surface area contributed by atoms with E-state index >= 15 is 0 Å². The Morgan fingerprint density at radius 3 is 2.31 bits per heavy atom. The normalized spacial score (nSPS) is 14.8. The average Bonchev–Trinajstić information content (AvgIpc) is 2.77. The van der Waals surface area contributed by atoms with Crippen LogP contribution < -0.4 is 10.2 Å². The molecule has 1 fully saturated rings. The molecule has 1 N–H and O–H groups in total. The fourth-order valence-electron chi connectivity index (χ4n) is 3.78. The highest BCUT2D eigenvalue weighted by atomic mass is 19.4. The first-order chi connectivity index (χ1) is 16.4. The minimum Gasteiger partial charge on any atom is -0.444 e. The summed E-state index contributed by atoms with van der Waals surface area (Å²) in [5.74, 6) is -0.841. The number of hydrogen-bond acceptors (Lipinski definition) is 6. The fourth-order valence-corrected chi connectivity index (χ4v) is 3.78. The number of fused-ring (bicyclic) bond motifs is 1. The SMILES string of the molecule is CC(C)(C)OC(=O)N1CCN(c2ccc(Nc3nc(C(F)(F)F)c4ccccc4n3)cc2F)CC1. The van der Waals surface area contributed by atoms with Gasteiger partial charge in [-0.2, -0.15) is 13.2 Å². The minimum absolute atomic E-state index is 0.113. The van der Waals surface area contributed by atoms with Gasteiger partial charge >= 0.3 is 12.3 Å². The molecule has 186 valence electrons. The van der Waals surface area contributed by atoms with Crippen molar-refractivity contribution in [3.8, 4) is 0 Å². The van der Waals surface area contributed by atoms with Gasteiger partial charge in [-0.15, -0.1) is 0 Å². The van der Waals surface area contributed by atoms with Crippen molar-refractivity contribution in [2.24, 2.45) is 0 Å². The predicted octanol–water partition coefficient (Wildman–Crippen LogP) is 5.59. The van der Waals surface area contributed by atoms with Crippen LogP contribution in [0.3, 0.4) is 0 Å². The first-order valence-corrected chi connectivity index (χ1v) is 11.0. The smallest absolute Gasteiger partial charge is 0.434 e. The van der Waals surface area contributed by atoms with Gasteiger partial charge in [0.1, 0.15) is 11.4 Å². The number of carbonyl (C=O) groups excluding carboxylic acids is 1. The molecule has 1 saturated heterocycles. The van der Waals surface area contributed by atoms with E-state index in [0.29, 0.717) is 31.9 Å². The van der Waals surface area contributed by atoms with Crippen LogP contribution in [-0.2, 0) is 10.9 Å². The van der Waals surface area contributed by atoms with E-state index in [1.165, 1.54) is 30.3 Å². The molecule has 0 bridgehead atoms. The highest BCUT2D eigenvalue weighted by molar-refractivity contribution is 5.83. The van der Waals surface area contributed by atoms with Gasteiger partial charge in [-0.1, -0.05) is 18.2 Å². The van der Waals surface area contributed by atoms with E-state index in [1.54, 1.807) is 42.7 Å². The number of aromatic nitrogens is 2. The molecule has 2 heterocycles. The molecule has 1 aromatic heterocycles. The number of nitrogens with one attached hydrogen (secondary N) is 1. The summed E-state index contributed by atoms with van der Waals surface area (Å²) in [5.41, 5.74) is -1.00. The topological polar surface area (TPSA) is 70.6 Å². The molecule has 0 unspecified atom stereocenters. The number of carbonyl (C=O) groups is 1. The second-order valence-electron chi connectivity index (χ2n) is 9.16. The number of halogens is 4. The lowest BCUT2D eigenvalue weighted by molar-refractivity contribution is -0.139. The maximum Gasteiger partial charge on any atom is 0.434 e. The molecular weight excluding hydrogens is 466 g/mol. The van der Waals surface area contributed by atoms with Gasteiger partial charge in [0.15, 0.2) is 5.69 Å². The summed E-state index contributed by atoms with van der Waals surface area (Å²) >= 11 is 0. The Bertz CT molecular complexity index is 1230. The van der Waals surface area contributed by atoms with Gasteiger partial charge in [0.2, 0.25) is 5.95 Å². The van der Waals surface area contributed by atoms with Crippen LogP contribution in [0.15, 0.2) is 42.5 Å². The second kappa shape index (κ2) is 9.20. The van der Waals surface area contributed by atoms with E-state index in [2.05, 4.69) is 15.3 Å². The summed E-state index contributed by atoms with van der Waals surface area (Å²) in [4.78, 5) is 23.4. The minimum atomic E-state index is -4.67. The van der Waals surface area contributed by atoms with Crippen molar-refractivity contribution in [3.63, 3.8) is 0 Å². The third-order valence-electron chi connectivity index (χ3n) is 5.35. The Labute approximate surface area is 199 Å². The number of nitrogens with zero attached hydrogens (tertiary/aromatic N) is 4. The van der Waals surface area contributed by atoms with E-state index in [9.17, 15) is 22.4 Å². The molecule has 3 aromatic rings. The second-order valence-corrected chi connectivity index (χ2v) is 9.16. The molecule has 0 spiro atoms. The number of hydrogen-bond donors (Lipinski definition) is 1. The van der Waals surface area contributed by atoms with Crippen LogP contribution in [0.2, 0.25) is 0 Å².